The smallest absolute Gasteiger partial charge is 0.319 e. The average molecular weight is 268 g/mol. The molecule has 0 spiro atoms. The summed E-state index contributed by atoms with van der Waals surface area (Å²) in [5.41, 5.74) is 1.59. The average Bonchev–Trinajstić information content (AvgIpc) is 2.73. The van der Waals surface area contributed by atoms with Crippen molar-refractivity contribution in [3.05, 3.63) is 29.3 Å². The number of benzene rings is 1. The Morgan fingerprint density at radius 3 is 3.11 bits per heavy atom. The third-order valence-corrected chi connectivity index (χ3v) is 2.69. The molecule has 2 amide bonds. The lowest BCUT2D eigenvalue weighted by molar-refractivity contribution is 0.0870. The highest BCUT2D eigenvalue weighted by Gasteiger charge is 2.18. The zero-order valence-electron chi connectivity index (χ0n) is 9.94. The molecule has 0 saturated heterocycles. The zero-order chi connectivity index (χ0) is 13.0. The first-order chi connectivity index (χ1) is 8.63. The lowest BCUT2D eigenvalue weighted by atomic mass is 10.2. The predicted molar refractivity (Wildman–Crippen MR) is 71.1 cm³/mol. The molecule has 0 fully saturated rings. The Labute approximate surface area is 110 Å². The van der Waals surface area contributed by atoms with Crippen LogP contribution in [0.25, 0.3) is 0 Å². The summed E-state index contributed by atoms with van der Waals surface area (Å²) in [4.78, 5) is 16.7. The van der Waals surface area contributed by atoms with Crippen LogP contribution in [0.2, 0.25) is 5.02 Å². The van der Waals surface area contributed by atoms with Gasteiger partial charge in [0.15, 0.2) is 0 Å². The second-order valence-corrected chi connectivity index (χ2v) is 4.54. The van der Waals surface area contributed by atoms with Crippen molar-refractivity contribution in [1.82, 2.24) is 5.32 Å². The summed E-state index contributed by atoms with van der Waals surface area (Å²) in [5, 5.41) is 9.81. The van der Waals surface area contributed by atoms with Gasteiger partial charge in [-0.15, -0.1) is 0 Å². The SMILES string of the molecule is CC1=NO[C@@H](CNC(=O)Nc2cccc(Cl)c2)C1. The maximum atomic E-state index is 11.6. The molecule has 1 heterocycles. The van der Waals surface area contributed by atoms with Gasteiger partial charge in [-0.3, -0.25) is 0 Å². The molecule has 1 aromatic rings. The molecule has 0 aliphatic carbocycles. The summed E-state index contributed by atoms with van der Waals surface area (Å²) < 4.78 is 0. The fourth-order valence-corrected chi connectivity index (χ4v) is 1.82. The van der Waals surface area contributed by atoms with Crippen molar-refractivity contribution < 1.29 is 9.63 Å². The maximum absolute atomic E-state index is 11.6. The fraction of sp³-hybridized carbons (Fsp3) is 0.333. The van der Waals surface area contributed by atoms with E-state index in [0.29, 0.717) is 17.3 Å². The Bertz CT molecular complexity index is 476. The van der Waals surface area contributed by atoms with Gasteiger partial charge in [0.05, 0.1) is 12.3 Å². The number of carbonyl (C=O) groups is 1. The van der Waals surface area contributed by atoms with Crippen molar-refractivity contribution in [3.8, 4) is 0 Å². The first-order valence-electron chi connectivity index (χ1n) is 5.63. The molecule has 5 nitrogen and oxygen atoms in total. The zero-order valence-corrected chi connectivity index (χ0v) is 10.7. The van der Waals surface area contributed by atoms with Crippen LogP contribution in [0, 0.1) is 0 Å². The highest BCUT2D eigenvalue weighted by atomic mass is 35.5. The number of rotatable bonds is 3. The van der Waals surface area contributed by atoms with E-state index in [0.717, 1.165) is 12.1 Å². The molecule has 1 aromatic carbocycles. The summed E-state index contributed by atoms with van der Waals surface area (Å²) in [6.07, 6.45) is 0.673. The van der Waals surface area contributed by atoms with Crippen LogP contribution < -0.4 is 10.6 Å². The molecule has 0 saturated carbocycles. The number of nitrogens with zero attached hydrogens (tertiary/aromatic N) is 1. The number of amides is 2. The molecule has 18 heavy (non-hydrogen) atoms. The van der Waals surface area contributed by atoms with Crippen LogP contribution in [-0.4, -0.2) is 24.4 Å². The van der Waals surface area contributed by atoms with Crippen molar-refractivity contribution in [2.45, 2.75) is 19.4 Å². The molecule has 0 aromatic heterocycles. The number of halogens is 1. The Kier molecular flexibility index (Phi) is 4.04. The summed E-state index contributed by atoms with van der Waals surface area (Å²) in [6.45, 7) is 2.32. The van der Waals surface area contributed by atoms with Crippen LogP contribution in [0.3, 0.4) is 0 Å². The lowest BCUT2D eigenvalue weighted by Gasteiger charge is -2.11. The van der Waals surface area contributed by atoms with Crippen LogP contribution >= 0.6 is 11.6 Å². The van der Waals surface area contributed by atoms with E-state index < -0.39 is 0 Å². The van der Waals surface area contributed by atoms with Crippen LogP contribution in [0.4, 0.5) is 10.5 Å². The molecule has 0 unspecified atom stereocenters. The van der Waals surface area contributed by atoms with Gasteiger partial charge in [-0.25, -0.2) is 4.79 Å². The van der Waals surface area contributed by atoms with Gasteiger partial charge in [0.25, 0.3) is 0 Å². The Hall–Kier alpha value is -1.75. The third kappa shape index (κ3) is 3.63. The normalized spacial score (nSPS) is 17.9. The molecular weight excluding hydrogens is 254 g/mol. The van der Waals surface area contributed by atoms with Gasteiger partial charge in [-0.2, -0.15) is 0 Å². The summed E-state index contributed by atoms with van der Waals surface area (Å²) in [7, 11) is 0. The van der Waals surface area contributed by atoms with E-state index in [9.17, 15) is 4.79 Å². The van der Waals surface area contributed by atoms with Gasteiger partial charge in [0.1, 0.15) is 6.10 Å². The van der Waals surface area contributed by atoms with E-state index in [4.69, 9.17) is 16.4 Å². The minimum Gasteiger partial charge on any atom is -0.390 e. The number of oxime groups is 1. The molecular formula is C12H14ClN3O2. The van der Waals surface area contributed by atoms with Gasteiger partial charge in [0, 0.05) is 17.1 Å². The summed E-state index contributed by atoms with van der Waals surface area (Å²) >= 11 is 5.82. The number of anilines is 1. The topological polar surface area (TPSA) is 62.7 Å². The Balaban J connectivity index is 1.76. The molecule has 1 atom stereocenters. The molecule has 1 aliphatic heterocycles. The largest absolute Gasteiger partial charge is 0.390 e. The number of hydrogen-bond donors (Lipinski definition) is 2. The van der Waals surface area contributed by atoms with E-state index in [2.05, 4.69) is 15.8 Å². The number of carbonyl (C=O) groups excluding carboxylic acids is 1. The third-order valence-electron chi connectivity index (χ3n) is 2.45. The first-order valence-corrected chi connectivity index (χ1v) is 6.01. The monoisotopic (exact) mass is 267 g/mol. The summed E-state index contributed by atoms with van der Waals surface area (Å²) in [5.74, 6) is 0. The van der Waals surface area contributed by atoms with Crippen LogP contribution in [-0.2, 0) is 4.84 Å². The maximum Gasteiger partial charge on any atom is 0.319 e. The minimum atomic E-state index is -0.287. The summed E-state index contributed by atoms with van der Waals surface area (Å²) in [6, 6.07) is 6.68. The predicted octanol–water partition coefficient (Wildman–Crippen LogP) is 2.63. The van der Waals surface area contributed by atoms with E-state index in [-0.39, 0.29) is 12.1 Å². The number of hydrogen-bond acceptors (Lipinski definition) is 3. The molecule has 2 rings (SSSR count). The standard InChI is InChI=1S/C12H14ClN3O2/c1-8-5-11(18-16-8)7-14-12(17)15-10-4-2-3-9(13)6-10/h2-4,6,11H,5,7H2,1H3,(H2,14,15,17)/t11-/m1/s1. The molecule has 2 N–H and O–H groups in total. The van der Waals surface area contributed by atoms with E-state index in [1.165, 1.54) is 0 Å². The second kappa shape index (κ2) is 5.73. The molecule has 1 aliphatic rings. The Morgan fingerprint density at radius 1 is 1.61 bits per heavy atom. The van der Waals surface area contributed by atoms with Crippen molar-refractivity contribution in [2.24, 2.45) is 5.16 Å². The molecule has 6 heteroatoms. The van der Waals surface area contributed by atoms with Crippen LogP contribution in [0.15, 0.2) is 29.4 Å². The van der Waals surface area contributed by atoms with Crippen LogP contribution in [0.1, 0.15) is 13.3 Å². The minimum absolute atomic E-state index is 0.0740. The van der Waals surface area contributed by atoms with Gasteiger partial charge < -0.3 is 15.5 Å². The van der Waals surface area contributed by atoms with Gasteiger partial charge in [-0.05, 0) is 25.1 Å². The highest BCUT2D eigenvalue weighted by molar-refractivity contribution is 6.30. The van der Waals surface area contributed by atoms with E-state index in [1.807, 2.05) is 6.92 Å². The van der Waals surface area contributed by atoms with E-state index >= 15 is 0 Å². The molecule has 96 valence electrons. The Morgan fingerprint density at radius 2 is 2.44 bits per heavy atom. The number of urea groups is 1. The second-order valence-electron chi connectivity index (χ2n) is 4.10. The van der Waals surface area contributed by atoms with Crippen molar-refractivity contribution in [1.29, 1.82) is 0 Å². The number of nitrogens with one attached hydrogen (secondary N) is 2. The van der Waals surface area contributed by atoms with Gasteiger partial charge in [-0.1, -0.05) is 22.8 Å². The van der Waals surface area contributed by atoms with Crippen molar-refractivity contribution in [2.75, 3.05) is 11.9 Å². The highest BCUT2D eigenvalue weighted by Crippen LogP contribution is 2.14. The lowest BCUT2D eigenvalue weighted by Crippen LogP contribution is -2.35. The van der Waals surface area contributed by atoms with Gasteiger partial charge >= 0.3 is 6.03 Å². The fourth-order valence-electron chi connectivity index (χ4n) is 1.63. The van der Waals surface area contributed by atoms with E-state index in [1.54, 1.807) is 24.3 Å². The van der Waals surface area contributed by atoms with Crippen molar-refractivity contribution >= 4 is 29.0 Å². The van der Waals surface area contributed by atoms with Crippen molar-refractivity contribution in [3.63, 3.8) is 0 Å². The van der Waals surface area contributed by atoms with Gasteiger partial charge in [0.2, 0.25) is 0 Å². The quantitative estimate of drug-likeness (QED) is 0.884. The molecule has 0 radical (unpaired) electrons. The molecule has 0 bridgehead atoms. The first kappa shape index (κ1) is 12.7. The van der Waals surface area contributed by atoms with Crippen LogP contribution in [0.5, 0.6) is 0 Å².